The normalized spacial score (nSPS) is 28.5. The molecule has 1 unspecified atom stereocenters. The Morgan fingerprint density at radius 2 is 1.90 bits per heavy atom. The van der Waals surface area contributed by atoms with Gasteiger partial charge in [-0.25, -0.2) is 24.5 Å². The zero-order valence-electron chi connectivity index (χ0n) is 20.5. The van der Waals surface area contributed by atoms with Crippen molar-refractivity contribution in [3.8, 4) is 0 Å². The van der Waals surface area contributed by atoms with Crippen molar-refractivity contribution in [1.29, 1.82) is 0 Å². The van der Waals surface area contributed by atoms with Crippen LogP contribution < -0.4 is 17.0 Å². The molecule has 7 atom stereocenters. The van der Waals surface area contributed by atoms with Crippen LogP contribution in [0.25, 0.3) is 22.3 Å². The zero-order chi connectivity index (χ0) is 28.2. The number of aliphatic hydroxyl groups is 2. The van der Waals surface area contributed by atoms with Gasteiger partial charge in [-0.2, -0.15) is 4.98 Å². The summed E-state index contributed by atoms with van der Waals surface area (Å²) in [5.74, 6) is 0.0763. The Balaban J connectivity index is 1.15. The number of hydrogen-bond donors (Lipinski definition) is 6. The number of nitrogens with one attached hydrogen (secondary N) is 1. The number of fused-ring (bicyclic) bond motifs is 2. The molecule has 18 nitrogen and oxygen atoms in total. The van der Waals surface area contributed by atoms with E-state index in [0.29, 0.717) is 11.2 Å². The molecule has 2 aliphatic heterocycles. The molecule has 7 N–H and O–H groups in total. The van der Waals surface area contributed by atoms with Crippen LogP contribution in [0.1, 0.15) is 25.3 Å². The van der Waals surface area contributed by atoms with E-state index < -0.39 is 49.2 Å². The summed E-state index contributed by atoms with van der Waals surface area (Å²) in [6.45, 7) is -4.72. The van der Waals surface area contributed by atoms with Crippen molar-refractivity contribution < 1.29 is 33.3 Å². The lowest BCUT2D eigenvalue weighted by atomic mass is 10.2. The lowest BCUT2D eigenvalue weighted by Crippen LogP contribution is -2.27. The Labute approximate surface area is 229 Å². The maximum absolute atomic E-state index is 13.2. The van der Waals surface area contributed by atoms with Gasteiger partial charge >= 0.3 is 6.80 Å². The Morgan fingerprint density at radius 3 is 2.70 bits per heavy atom. The van der Waals surface area contributed by atoms with Crippen LogP contribution in [0.3, 0.4) is 0 Å². The number of nitrogen functional groups attached to an aromatic ring is 2. The Bertz CT molecular complexity index is 1660. The predicted octanol–water partition coefficient (Wildman–Crippen LogP) is -0.508. The van der Waals surface area contributed by atoms with Crippen molar-refractivity contribution in [2.45, 2.75) is 49.7 Å². The average Bonchev–Trinajstić information content (AvgIpc) is 3.68. The largest absolute Gasteiger partial charge is 0.394 e. The van der Waals surface area contributed by atoms with Crippen LogP contribution in [0.15, 0.2) is 23.8 Å². The fourth-order valence-electron chi connectivity index (χ4n) is 4.79. The molecular formula is C20H25N10O8PS. The molecule has 4 aromatic rings. The van der Waals surface area contributed by atoms with Gasteiger partial charge < -0.3 is 31.2 Å². The Morgan fingerprint density at radius 1 is 1.12 bits per heavy atom. The molecule has 2 aliphatic rings. The number of nitrogens with two attached hydrogens (primary N) is 2. The fraction of sp³-hybridized carbons (Fsp3) is 0.500. The third kappa shape index (κ3) is 4.94. The van der Waals surface area contributed by atoms with Gasteiger partial charge in [-0.1, -0.05) is 12.2 Å². The van der Waals surface area contributed by atoms with E-state index >= 15 is 0 Å². The summed E-state index contributed by atoms with van der Waals surface area (Å²) < 4.78 is 39.2. The van der Waals surface area contributed by atoms with Crippen LogP contribution in [-0.2, 0) is 23.1 Å². The number of thiol groups is 1. The molecule has 0 aromatic carbocycles. The highest BCUT2D eigenvalue weighted by molar-refractivity contribution is 8.44. The highest BCUT2D eigenvalue weighted by Gasteiger charge is 2.43. The number of hydrogen-bond acceptors (Lipinski definition) is 15. The van der Waals surface area contributed by atoms with E-state index in [9.17, 15) is 19.6 Å². The van der Waals surface area contributed by atoms with Crippen LogP contribution in [-0.4, -0.2) is 86.9 Å². The quantitative estimate of drug-likeness (QED) is 0.111. The molecule has 214 valence electrons. The topological polar surface area (TPSA) is 254 Å². The van der Waals surface area contributed by atoms with E-state index in [2.05, 4.69) is 42.2 Å². The first-order chi connectivity index (χ1) is 19.1. The maximum Gasteiger partial charge on any atom is 0.386 e. The first-order valence-electron chi connectivity index (χ1n) is 12.0. The molecule has 0 radical (unpaired) electrons. The highest BCUT2D eigenvalue weighted by Crippen LogP contribution is 2.57. The minimum atomic E-state index is -4.06. The number of aromatic nitrogens is 8. The summed E-state index contributed by atoms with van der Waals surface area (Å²) in [6.07, 6.45) is -0.694. The Hall–Kier alpha value is -3.16. The molecule has 0 bridgehead atoms. The van der Waals surface area contributed by atoms with Gasteiger partial charge in [0.2, 0.25) is 5.95 Å². The number of anilines is 2. The van der Waals surface area contributed by atoms with Crippen LogP contribution >= 0.6 is 19.0 Å². The maximum atomic E-state index is 13.2. The molecular weight excluding hydrogens is 571 g/mol. The summed E-state index contributed by atoms with van der Waals surface area (Å²) in [6, 6.07) is 0. The van der Waals surface area contributed by atoms with Crippen molar-refractivity contribution in [3.05, 3.63) is 29.3 Å². The SMILES string of the molecule is Nc1nc2c(ncn2[C@@H]2O[C@H](CO)C[C@H]2O[P@](=O)(S)OCC2O[C@@H](n3cnc4c(N)ncnc43)C[C@@H]2O)c(=O)[nH]1. The monoisotopic (exact) mass is 596 g/mol. The smallest absolute Gasteiger partial charge is 0.386 e. The van der Waals surface area contributed by atoms with Crippen molar-refractivity contribution in [2.75, 3.05) is 24.7 Å². The number of nitrogens with zero attached hydrogens (tertiary/aromatic N) is 7. The first-order valence-corrected chi connectivity index (χ1v) is 14.7. The number of H-pyrrole nitrogens is 1. The molecule has 0 saturated carbocycles. The van der Waals surface area contributed by atoms with E-state index in [1.165, 1.54) is 23.5 Å². The van der Waals surface area contributed by atoms with Crippen molar-refractivity contribution in [2.24, 2.45) is 0 Å². The van der Waals surface area contributed by atoms with E-state index in [0.717, 1.165) is 0 Å². The van der Waals surface area contributed by atoms with E-state index in [1.807, 2.05) is 0 Å². The van der Waals surface area contributed by atoms with E-state index in [1.54, 1.807) is 4.57 Å². The molecule has 20 heteroatoms. The van der Waals surface area contributed by atoms with Crippen LogP contribution in [0.4, 0.5) is 11.8 Å². The first kappa shape index (κ1) is 27.0. The van der Waals surface area contributed by atoms with Gasteiger partial charge in [-0.15, -0.1) is 0 Å². The zero-order valence-corrected chi connectivity index (χ0v) is 22.3. The third-order valence-corrected chi connectivity index (χ3v) is 8.29. The summed E-state index contributed by atoms with van der Waals surface area (Å²) >= 11 is 4.10. The van der Waals surface area contributed by atoms with Gasteiger partial charge in [-0.05, 0) is 0 Å². The molecule has 0 spiro atoms. The Kier molecular flexibility index (Phi) is 6.99. The van der Waals surface area contributed by atoms with Crippen LogP contribution in [0, 0.1) is 0 Å². The average molecular weight is 597 g/mol. The molecule has 2 fully saturated rings. The standard InChI is InChI=1S/C20H25N10O8PS/c21-15-13-16(24-5-23-15)29(6-25-13)12-2-9(32)11(37-12)4-35-39(34,40)38-10-1-8(3-31)36-19(10)30-7-26-14-17(30)27-20(22)28-18(14)33/h5-12,19,31-32H,1-4H2,(H,34,40)(H2,21,23,24)(H3,22,27,28,33)/t8-,9-,10+,11?,12+,19+,39+/m0/s1. The number of aliphatic hydroxyl groups excluding tert-OH is 2. The molecule has 2 saturated heterocycles. The van der Waals surface area contributed by atoms with Gasteiger partial charge in [0.1, 0.15) is 30.3 Å². The van der Waals surface area contributed by atoms with Gasteiger partial charge in [-0.3, -0.25) is 28.0 Å². The second-order valence-electron chi connectivity index (χ2n) is 9.27. The second kappa shape index (κ2) is 10.3. The lowest BCUT2D eigenvalue weighted by Gasteiger charge is -2.24. The van der Waals surface area contributed by atoms with E-state index in [4.69, 9.17) is 30.0 Å². The van der Waals surface area contributed by atoms with Gasteiger partial charge in [0.05, 0.1) is 38.1 Å². The number of imidazole rings is 2. The number of rotatable bonds is 8. The van der Waals surface area contributed by atoms with Crippen molar-refractivity contribution in [1.82, 2.24) is 39.0 Å². The van der Waals surface area contributed by atoms with Gasteiger partial charge in [0.15, 0.2) is 28.9 Å². The summed E-state index contributed by atoms with van der Waals surface area (Å²) in [7, 11) is 0. The number of aromatic amines is 1. The van der Waals surface area contributed by atoms with Crippen molar-refractivity contribution >= 4 is 53.1 Å². The second-order valence-corrected chi connectivity index (χ2v) is 12.1. The molecule has 40 heavy (non-hydrogen) atoms. The molecule has 6 heterocycles. The fourth-order valence-corrected chi connectivity index (χ4v) is 6.28. The minimum absolute atomic E-state index is 0.0102. The molecule has 4 aromatic heterocycles. The summed E-state index contributed by atoms with van der Waals surface area (Å²) in [5.41, 5.74) is 11.9. The lowest BCUT2D eigenvalue weighted by molar-refractivity contribution is -0.0520. The highest BCUT2D eigenvalue weighted by atomic mass is 32.7. The summed E-state index contributed by atoms with van der Waals surface area (Å²) in [5, 5.41) is 20.3. The molecule has 0 amide bonds. The predicted molar refractivity (Wildman–Crippen MR) is 140 cm³/mol. The van der Waals surface area contributed by atoms with Crippen LogP contribution in [0.5, 0.6) is 0 Å². The van der Waals surface area contributed by atoms with Gasteiger partial charge in [0, 0.05) is 12.8 Å². The minimum Gasteiger partial charge on any atom is -0.394 e. The van der Waals surface area contributed by atoms with Gasteiger partial charge in [0.25, 0.3) is 5.56 Å². The van der Waals surface area contributed by atoms with Crippen LogP contribution in [0.2, 0.25) is 0 Å². The summed E-state index contributed by atoms with van der Waals surface area (Å²) in [4.78, 5) is 35.0. The molecule has 0 aliphatic carbocycles. The van der Waals surface area contributed by atoms with Crippen molar-refractivity contribution in [3.63, 3.8) is 0 Å². The number of ether oxygens (including phenoxy) is 2. The third-order valence-electron chi connectivity index (χ3n) is 6.65. The molecule has 6 rings (SSSR count). The van der Waals surface area contributed by atoms with E-state index in [-0.39, 0.29) is 49.0 Å².